The molecule has 1 unspecified atom stereocenters. The summed E-state index contributed by atoms with van der Waals surface area (Å²) in [6.07, 6.45) is 0. The van der Waals surface area contributed by atoms with Gasteiger partial charge in [-0.2, -0.15) is 0 Å². The number of methoxy groups -OCH3 is 3. The summed E-state index contributed by atoms with van der Waals surface area (Å²) < 4.78 is 17.5. The van der Waals surface area contributed by atoms with E-state index in [-0.39, 0.29) is 5.97 Å². The molecule has 0 aliphatic rings. The predicted molar refractivity (Wildman–Crippen MR) is 107 cm³/mol. The Morgan fingerprint density at radius 2 is 1.71 bits per heavy atom. The number of ether oxygens (including phenoxy) is 3. The minimum atomic E-state index is -0.434. The Balaban J connectivity index is 2.13. The van der Waals surface area contributed by atoms with E-state index in [1.54, 1.807) is 21.1 Å². The van der Waals surface area contributed by atoms with Crippen LogP contribution in [0.2, 0.25) is 0 Å². The van der Waals surface area contributed by atoms with E-state index in [0.717, 1.165) is 11.3 Å². The molecule has 0 aliphatic carbocycles. The van der Waals surface area contributed by atoms with Gasteiger partial charge in [-0.1, -0.05) is 42.1 Å². The summed E-state index contributed by atoms with van der Waals surface area (Å²) in [7, 11) is 4.54. The lowest BCUT2D eigenvalue weighted by atomic mass is 10.2. The fraction of sp³-hybridized carbons (Fsp3) is 0.250. The molecule has 1 aromatic heterocycles. The third-order valence-corrected chi connectivity index (χ3v) is 5.13. The number of thioether (sulfide) groups is 1. The normalized spacial score (nSPS) is 11.7. The van der Waals surface area contributed by atoms with Crippen LogP contribution in [0.5, 0.6) is 11.5 Å². The van der Waals surface area contributed by atoms with Crippen molar-refractivity contribution in [1.82, 2.24) is 14.8 Å². The van der Waals surface area contributed by atoms with E-state index >= 15 is 0 Å². The number of carbonyl (C=O) groups excluding carboxylic acids is 1. The van der Waals surface area contributed by atoms with Crippen LogP contribution in [0.25, 0.3) is 17.1 Å². The molecule has 0 bridgehead atoms. The van der Waals surface area contributed by atoms with Gasteiger partial charge in [-0.25, -0.2) is 0 Å². The molecule has 7 nitrogen and oxygen atoms in total. The Labute approximate surface area is 167 Å². The third-order valence-electron chi connectivity index (χ3n) is 4.11. The number of hydrogen-bond donors (Lipinski definition) is 0. The second-order valence-corrected chi connectivity index (χ2v) is 7.14. The van der Waals surface area contributed by atoms with E-state index in [1.807, 2.05) is 53.1 Å². The van der Waals surface area contributed by atoms with Gasteiger partial charge in [-0.3, -0.25) is 9.36 Å². The van der Waals surface area contributed by atoms with E-state index in [1.165, 1.54) is 18.9 Å². The molecule has 146 valence electrons. The standard InChI is InChI=1S/C20H21N3O4S/c1-13(19(24)27-4)28-20-22-21-18(14-8-6-5-7-9-14)23(20)15-10-11-16(25-2)17(12-15)26-3/h5-13H,1-4H3. The fourth-order valence-electron chi connectivity index (χ4n) is 2.69. The van der Waals surface area contributed by atoms with Crippen molar-refractivity contribution in [2.75, 3.05) is 21.3 Å². The fourth-order valence-corrected chi connectivity index (χ4v) is 3.58. The molecule has 0 N–H and O–H groups in total. The molecule has 2 aromatic carbocycles. The third kappa shape index (κ3) is 3.96. The second-order valence-electron chi connectivity index (χ2n) is 5.83. The van der Waals surface area contributed by atoms with Gasteiger partial charge >= 0.3 is 5.97 Å². The highest BCUT2D eigenvalue weighted by atomic mass is 32.2. The molecule has 3 aromatic rings. The lowest BCUT2D eigenvalue weighted by molar-refractivity contribution is -0.139. The average Bonchev–Trinajstić information content (AvgIpc) is 3.16. The van der Waals surface area contributed by atoms with E-state index in [4.69, 9.17) is 14.2 Å². The summed E-state index contributed by atoms with van der Waals surface area (Å²) in [5, 5.41) is 8.83. The zero-order valence-corrected chi connectivity index (χ0v) is 16.9. The SMILES string of the molecule is COC(=O)C(C)Sc1nnc(-c2ccccc2)n1-c1ccc(OC)c(OC)c1. The summed E-state index contributed by atoms with van der Waals surface area (Å²) in [4.78, 5) is 11.9. The van der Waals surface area contributed by atoms with Crippen molar-refractivity contribution in [3.63, 3.8) is 0 Å². The van der Waals surface area contributed by atoms with E-state index in [2.05, 4.69) is 10.2 Å². The molecule has 0 saturated carbocycles. The number of carbonyl (C=O) groups is 1. The van der Waals surface area contributed by atoms with Gasteiger partial charge in [-0.15, -0.1) is 10.2 Å². The Kier molecular flexibility index (Phi) is 6.20. The van der Waals surface area contributed by atoms with Gasteiger partial charge in [-0.05, 0) is 19.1 Å². The molecular weight excluding hydrogens is 378 g/mol. The lowest BCUT2D eigenvalue weighted by Crippen LogP contribution is -2.15. The zero-order chi connectivity index (χ0) is 20.1. The van der Waals surface area contributed by atoms with Crippen LogP contribution in [0.3, 0.4) is 0 Å². The Morgan fingerprint density at radius 3 is 2.36 bits per heavy atom. The van der Waals surface area contributed by atoms with Crippen LogP contribution >= 0.6 is 11.8 Å². The highest BCUT2D eigenvalue weighted by Crippen LogP contribution is 2.34. The minimum Gasteiger partial charge on any atom is -0.493 e. The maximum atomic E-state index is 11.9. The first kappa shape index (κ1) is 19.8. The van der Waals surface area contributed by atoms with Crippen LogP contribution < -0.4 is 9.47 Å². The molecule has 3 rings (SSSR count). The van der Waals surface area contributed by atoms with Crippen LogP contribution in [0.15, 0.2) is 53.7 Å². The van der Waals surface area contributed by atoms with Gasteiger partial charge in [0, 0.05) is 11.6 Å². The van der Waals surface area contributed by atoms with Crippen LogP contribution in [-0.2, 0) is 9.53 Å². The molecule has 0 amide bonds. The quantitative estimate of drug-likeness (QED) is 0.444. The van der Waals surface area contributed by atoms with Crippen molar-refractivity contribution >= 4 is 17.7 Å². The van der Waals surface area contributed by atoms with Crippen molar-refractivity contribution in [1.29, 1.82) is 0 Å². The summed E-state index contributed by atoms with van der Waals surface area (Å²) in [5.74, 6) is 1.54. The number of aromatic nitrogens is 3. The molecule has 28 heavy (non-hydrogen) atoms. The van der Waals surface area contributed by atoms with E-state index < -0.39 is 5.25 Å². The average molecular weight is 399 g/mol. The highest BCUT2D eigenvalue weighted by Gasteiger charge is 2.22. The van der Waals surface area contributed by atoms with Crippen LogP contribution in [0.1, 0.15) is 6.92 Å². The van der Waals surface area contributed by atoms with Crippen molar-refractivity contribution in [3.8, 4) is 28.6 Å². The van der Waals surface area contributed by atoms with E-state index in [0.29, 0.717) is 22.5 Å². The maximum absolute atomic E-state index is 11.9. The van der Waals surface area contributed by atoms with Crippen molar-refractivity contribution in [3.05, 3.63) is 48.5 Å². The number of benzene rings is 2. The smallest absolute Gasteiger partial charge is 0.318 e. The van der Waals surface area contributed by atoms with Gasteiger partial charge in [0.1, 0.15) is 5.25 Å². The molecule has 0 radical (unpaired) electrons. The number of hydrogen-bond acceptors (Lipinski definition) is 7. The van der Waals surface area contributed by atoms with Crippen LogP contribution in [0, 0.1) is 0 Å². The summed E-state index contributed by atoms with van der Waals surface area (Å²) >= 11 is 1.28. The molecule has 8 heteroatoms. The molecule has 0 saturated heterocycles. The lowest BCUT2D eigenvalue weighted by Gasteiger charge is -2.15. The van der Waals surface area contributed by atoms with Crippen molar-refractivity contribution < 1.29 is 19.0 Å². The maximum Gasteiger partial charge on any atom is 0.318 e. The Morgan fingerprint density at radius 1 is 1.00 bits per heavy atom. The largest absolute Gasteiger partial charge is 0.493 e. The zero-order valence-electron chi connectivity index (χ0n) is 16.1. The Bertz CT molecular complexity index is 959. The molecule has 0 fully saturated rings. The second kappa shape index (κ2) is 8.79. The molecule has 0 spiro atoms. The monoisotopic (exact) mass is 399 g/mol. The first-order valence-corrected chi connectivity index (χ1v) is 9.44. The van der Waals surface area contributed by atoms with Gasteiger partial charge in [0.05, 0.1) is 27.0 Å². The molecule has 0 aliphatic heterocycles. The van der Waals surface area contributed by atoms with E-state index in [9.17, 15) is 4.79 Å². The van der Waals surface area contributed by atoms with Gasteiger partial charge in [0.15, 0.2) is 22.5 Å². The van der Waals surface area contributed by atoms with Gasteiger partial charge in [0.2, 0.25) is 0 Å². The van der Waals surface area contributed by atoms with Crippen LogP contribution in [-0.4, -0.2) is 47.3 Å². The highest BCUT2D eigenvalue weighted by molar-refractivity contribution is 8.00. The first-order valence-electron chi connectivity index (χ1n) is 8.56. The van der Waals surface area contributed by atoms with Gasteiger partial charge in [0.25, 0.3) is 0 Å². The van der Waals surface area contributed by atoms with Crippen LogP contribution in [0.4, 0.5) is 0 Å². The first-order chi connectivity index (χ1) is 13.6. The minimum absolute atomic E-state index is 0.326. The summed E-state index contributed by atoms with van der Waals surface area (Å²) in [5.41, 5.74) is 1.70. The molecule has 1 heterocycles. The molecule has 1 atom stereocenters. The van der Waals surface area contributed by atoms with Crippen molar-refractivity contribution in [2.45, 2.75) is 17.3 Å². The number of nitrogens with zero attached hydrogens (tertiary/aromatic N) is 3. The summed E-state index contributed by atoms with van der Waals surface area (Å²) in [6, 6.07) is 15.3. The van der Waals surface area contributed by atoms with Crippen molar-refractivity contribution in [2.24, 2.45) is 0 Å². The topological polar surface area (TPSA) is 75.5 Å². The Hall–Kier alpha value is -3.00. The number of esters is 1. The van der Waals surface area contributed by atoms with Gasteiger partial charge < -0.3 is 14.2 Å². The summed E-state index contributed by atoms with van der Waals surface area (Å²) in [6.45, 7) is 1.77. The predicted octanol–water partition coefficient (Wildman–Crippen LogP) is 3.61. The number of rotatable bonds is 7. The molecular formula is C20H21N3O4S.